The average molecular weight is 456 g/mol. The van der Waals surface area contributed by atoms with Crippen molar-refractivity contribution in [2.75, 3.05) is 0 Å². The standard InChI is InChI=1S/C26H25N5OS/c1-17-15-22(18(2)31(17)20-6-8-21(32)9-7-20)25-24(23-5-3-4-12-28-23)29-26(33)30(25)16-19-10-13-27-14-11-19/h3-15,24-25,32H,16H2,1-2H3,(H,29,33)/t24-,25+/m0/s1. The molecular formula is C26H25N5OS. The number of phenols is 1. The number of hydrogen-bond donors (Lipinski definition) is 2. The monoisotopic (exact) mass is 455 g/mol. The lowest BCUT2D eigenvalue weighted by Crippen LogP contribution is -2.29. The largest absolute Gasteiger partial charge is 0.508 e. The molecule has 3 aromatic heterocycles. The van der Waals surface area contributed by atoms with Crippen LogP contribution in [-0.2, 0) is 6.54 Å². The highest BCUT2D eigenvalue weighted by Gasteiger charge is 2.41. The van der Waals surface area contributed by atoms with Crippen molar-refractivity contribution in [3.8, 4) is 11.4 Å². The minimum atomic E-state index is -0.0747. The van der Waals surface area contributed by atoms with E-state index in [1.807, 2.05) is 61.1 Å². The van der Waals surface area contributed by atoms with Gasteiger partial charge in [0, 0.05) is 42.2 Å². The Balaban J connectivity index is 1.61. The molecule has 0 radical (unpaired) electrons. The van der Waals surface area contributed by atoms with Crippen LogP contribution < -0.4 is 5.32 Å². The van der Waals surface area contributed by atoms with Gasteiger partial charge in [-0.25, -0.2) is 0 Å². The first-order chi connectivity index (χ1) is 16.0. The molecule has 0 aliphatic carbocycles. The molecule has 5 rings (SSSR count). The summed E-state index contributed by atoms with van der Waals surface area (Å²) in [6.07, 6.45) is 5.44. The van der Waals surface area contributed by atoms with Crippen molar-refractivity contribution in [2.45, 2.75) is 32.5 Å². The lowest BCUT2D eigenvalue weighted by Gasteiger charge is -2.28. The maximum absolute atomic E-state index is 9.73. The van der Waals surface area contributed by atoms with Crippen molar-refractivity contribution in [2.24, 2.45) is 0 Å². The van der Waals surface area contributed by atoms with Crippen molar-refractivity contribution >= 4 is 17.3 Å². The van der Waals surface area contributed by atoms with E-state index in [0.717, 1.165) is 28.3 Å². The zero-order valence-electron chi connectivity index (χ0n) is 18.5. The van der Waals surface area contributed by atoms with Crippen LogP contribution in [0.3, 0.4) is 0 Å². The quantitative estimate of drug-likeness (QED) is 0.423. The summed E-state index contributed by atoms with van der Waals surface area (Å²) in [5.41, 5.74) is 6.56. The molecule has 0 amide bonds. The Kier molecular flexibility index (Phi) is 5.56. The van der Waals surface area contributed by atoms with E-state index in [1.165, 1.54) is 5.56 Å². The van der Waals surface area contributed by atoms with Crippen molar-refractivity contribution in [1.29, 1.82) is 0 Å². The molecule has 7 heteroatoms. The van der Waals surface area contributed by atoms with Crippen molar-refractivity contribution in [3.63, 3.8) is 0 Å². The molecule has 2 atom stereocenters. The highest BCUT2D eigenvalue weighted by Crippen LogP contribution is 2.42. The minimum absolute atomic E-state index is 0.0300. The van der Waals surface area contributed by atoms with Crippen LogP contribution in [0.5, 0.6) is 5.75 Å². The van der Waals surface area contributed by atoms with E-state index in [2.05, 4.69) is 44.7 Å². The lowest BCUT2D eigenvalue weighted by molar-refractivity contribution is 0.310. The molecule has 1 fully saturated rings. The predicted molar refractivity (Wildman–Crippen MR) is 132 cm³/mol. The van der Waals surface area contributed by atoms with Gasteiger partial charge in [-0.15, -0.1) is 0 Å². The van der Waals surface area contributed by atoms with E-state index in [4.69, 9.17) is 12.2 Å². The zero-order chi connectivity index (χ0) is 22.9. The summed E-state index contributed by atoms with van der Waals surface area (Å²) in [5, 5.41) is 14.0. The molecule has 1 aromatic carbocycles. The highest BCUT2D eigenvalue weighted by atomic mass is 32.1. The number of aromatic hydroxyl groups is 1. The van der Waals surface area contributed by atoms with Crippen LogP contribution >= 0.6 is 12.2 Å². The number of hydrogen-bond acceptors (Lipinski definition) is 4. The number of pyridine rings is 2. The fourth-order valence-electron chi connectivity index (χ4n) is 4.69. The second-order valence-corrected chi connectivity index (χ2v) is 8.67. The van der Waals surface area contributed by atoms with Crippen LogP contribution in [-0.4, -0.2) is 29.7 Å². The molecule has 4 aromatic rings. The van der Waals surface area contributed by atoms with E-state index < -0.39 is 0 Å². The number of nitrogens with zero attached hydrogens (tertiary/aromatic N) is 4. The minimum Gasteiger partial charge on any atom is -0.508 e. The van der Waals surface area contributed by atoms with E-state index in [1.54, 1.807) is 12.1 Å². The van der Waals surface area contributed by atoms with Crippen LogP contribution in [0, 0.1) is 13.8 Å². The van der Waals surface area contributed by atoms with Crippen LogP contribution in [0.25, 0.3) is 5.69 Å². The topological polar surface area (TPSA) is 66.2 Å². The predicted octanol–water partition coefficient (Wildman–Crippen LogP) is 4.76. The molecule has 166 valence electrons. The van der Waals surface area contributed by atoms with E-state index in [9.17, 15) is 5.11 Å². The fraction of sp³-hybridized carbons (Fsp3) is 0.192. The molecule has 6 nitrogen and oxygen atoms in total. The summed E-state index contributed by atoms with van der Waals surface area (Å²) in [4.78, 5) is 11.0. The summed E-state index contributed by atoms with van der Waals surface area (Å²) >= 11 is 5.82. The van der Waals surface area contributed by atoms with Crippen LogP contribution in [0.2, 0.25) is 0 Å². The van der Waals surface area contributed by atoms with Gasteiger partial charge in [0.05, 0.1) is 17.8 Å². The molecule has 1 saturated heterocycles. The molecule has 1 aliphatic rings. The number of aryl methyl sites for hydroxylation is 1. The van der Waals surface area contributed by atoms with Crippen molar-refractivity contribution < 1.29 is 5.11 Å². The van der Waals surface area contributed by atoms with Gasteiger partial charge in [0.25, 0.3) is 0 Å². The van der Waals surface area contributed by atoms with Gasteiger partial charge in [0.1, 0.15) is 5.75 Å². The zero-order valence-corrected chi connectivity index (χ0v) is 19.3. The Morgan fingerprint density at radius 2 is 1.76 bits per heavy atom. The number of nitrogens with one attached hydrogen (secondary N) is 1. The summed E-state index contributed by atoms with van der Waals surface area (Å²) in [5.74, 6) is 0.255. The van der Waals surface area contributed by atoms with Gasteiger partial charge < -0.3 is 19.9 Å². The number of thiocarbonyl (C=S) groups is 1. The van der Waals surface area contributed by atoms with Crippen LogP contribution in [0.15, 0.2) is 79.3 Å². The van der Waals surface area contributed by atoms with E-state index in [0.29, 0.717) is 11.7 Å². The summed E-state index contributed by atoms with van der Waals surface area (Å²) in [6, 6.07) is 19.4. The number of rotatable bonds is 5. The van der Waals surface area contributed by atoms with E-state index >= 15 is 0 Å². The number of aromatic nitrogens is 3. The molecule has 33 heavy (non-hydrogen) atoms. The molecule has 2 N–H and O–H groups in total. The van der Waals surface area contributed by atoms with Gasteiger partial charge in [-0.3, -0.25) is 9.97 Å². The Morgan fingerprint density at radius 1 is 1.00 bits per heavy atom. The Hall–Kier alpha value is -3.71. The molecule has 0 spiro atoms. The summed E-state index contributed by atoms with van der Waals surface area (Å²) < 4.78 is 2.22. The smallest absolute Gasteiger partial charge is 0.170 e. The molecular weight excluding hydrogens is 430 g/mol. The summed E-state index contributed by atoms with van der Waals surface area (Å²) in [7, 11) is 0. The second kappa shape index (κ2) is 8.67. The number of phenolic OH excluding ortho intramolecular Hbond substituents is 1. The third kappa shape index (κ3) is 3.96. The van der Waals surface area contributed by atoms with Gasteiger partial charge in [-0.05, 0) is 91.8 Å². The van der Waals surface area contributed by atoms with Gasteiger partial charge in [0.2, 0.25) is 0 Å². The average Bonchev–Trinajstić information content (AvgIpc) is 3.31. The maximum atomic E-state index is 9.73. The molecule has 0 saturated carbocycles. The van der Waals surface area contributed by atoms with Gasteiger partial charge in [-0.1, -0.05) is 6.07 Å². The van der Waals surface area contributed by atoms with Crippen molar-refractivity contribution in [3.05, 3.63) is 107 Å². The Morgan fingerprint density at radius 3 is 2.45 bits per heavy atom. The third-order valence-corrected chi connectivity index (χ3v) is 6.55. The molecule has 1 aliphatic heterocycles. The summed E-state index contributed by atoms with van der Waals surface area (Å²) in [6.45, 7) is 4.91. The first kappa shape index (κ1) is 21.2. The SMILES string of the molecule is Cc1cc([C@@H]2[C@H](c3ccccn3)NC(=S)N2Cc2ccncc2)c(C)n1-c1ccc(O)cc1. The second-order valence-electron chi connectivity index (χ2n) is 8.29. The van der Waals surface area contributed by atoms with Crippen LogP contribution in [0.4, 0.5) is 0 Å². The normalized spacial score (nSPS) is 17.9. The molecule has 4 heterocycles. The van der Waals surface area contributed by atoms with Crippen molar-refractivity contribution in [1.82, 2.24) is 24.8 Å². The third-order valence-electron chi connectivity index (χ3n) is 6.20. The van der Waals surface area contributed by atoms with Gasteiger partial charge >= 0.3 is 0 Å². The fourth-order valence-corrected chi connectivity index (χ4v) is 4.99. The van der Waals surface area contributed by atoms with Gasteiger partial charge in [-0.2, -0.15) is 0 Å². The highest BCUT2D eigenvalue weighted by molar-refractivity contribution is 7.80. The Labute approximate surface area is 198 Å². The molecule has 0 bridgehead atoms. The lowest BCUT2D eigenvalue weighted by atomic mass is 9.96. The number of benzene rings is 1. The molecule has 0 unspecified atom stereocenters. The van der Waals surface area contributed by atoms with Gasteiger partial charge in [0.15, 0.2) is 5.11 Å². The first-order valence-electron chi connectivity index (χ1n) is 10.9. The first-order valence-corrected chi connectivity index (χ1v) is 11.3. The van der Waals surface area contributed by atoms with Crippen LogP contribution in [0.1, 0.15) is 40.3 Å². The maximum Gasteiger partial charge on any atom is 0.170 e. The van der Waals surface area contributed by atoms with E-state index in [-0.39, 0.29) is 17.8 Å². The Bertz CT molecular complexity index is 1270.